The number of carbonyl (C=O) groups is 1. The number of piperidine rings is 1. The summed E-state index contributed by atoms with van der Waals surface area (Å²) in [6.45, 7) is 8.42. The van der Waals surface area contributed by atoms with Gasteiger partial charge in [0.1, 0.15) is 0 Å². The van der Waals surface area contributed by atoms with Crippen molar-refractivity contribution in [3.05, 3.63) is 42.2 Å². The van der Waals surface area contributed by atoms with E-state index in [2.05, 4.69) is 56.1 Å². The van der Waals surface area contributed by atoms with Crippen LogP contribution in [0.15, 0.2) is 36.7 Å². The second-order valence-electron chi connectivity index (χ2n) is 8.26. The monoisotopic (exact) mass is 394 g/mol. The summed E-state index contributed by atoms with van der Waals surface area (Å²) in [4.78, 5) is 28.3. The van der Waals surface area contributed by atoms with E-state index < -0.39 is 0 Å². The lowest BCUT2D eigenvalue weighted by atomic mass is 10.0. The Morgan fingerprint density at radius 2 is 1.69 bits per heavy atom. The van der Waals surface area contributed by atoms with Gasteiger partial charge < -0.3 is 20.0 Å². The zero-order chi connectivity index (χ0) is 20.2. The molecule has 0 spiro atoms. The van der Waals surface area contributed by atoms with E-state index in [4.69, 9.17) is 0 Å². The molecule has 2 aromatic rings. The van der Waals surface area contributed by atoms with Crippen molar-refractivity contribution in [1.29, 1.82) is 0 Å². The number of anilines is 3. The molecule has 2 aliphatic rings. The molecule has 154 valence electrons. The average Bonchev–Trinajstić information content (AvgIpc) is 2.75. The first-order valence-electron chi connectivity index (χ1n) is 10.5. The van der Waals surface area contributed by atoms with Gasteiger partial charge in [-0.2, -0.15) is 0 Å². The first kappa shape index (κ1) is 19.6. The lowest BCUT2D eigenvalue weighted by Crippen LogP contribution is -2.44. The van der Waals surface area contributed by atoms with Gasteiger partial charge in [-0.3, -0.25) is 4.79 Å². The van der Waals surface area contributed by atoms with Crippen LogP contribution >= 0.6 is 0 Å². The van der Waals surface area contributed by atoms with Gasteiger partial charge >= 0.3 is 0 Å². The molecule has 2 fully saturated rings. The normalized spacial score (nSPS) is 20.6. The van der Waals surface area contributed by atoms with Crippen molar-refractivity contribution in [1.82, 2.24) is 14.9 Å². The van der Waals surface area contributed by atoms with E-state index in [0.29, 0.717) is 17.4 Å². The van der Waals surface area contributed by atoms with Crippen molar-refractivity contribution in [2.75, 3.05) is 61.4 Å². The Kier molecular flexibility index (Phi) is 5.94. The van der Waals surface area contributed by atoms with E-state index in [1.165, 1.54) is 12.1 Å². The summed E-state index contributed by atoms with van der Waals surface area (Å²) in [5.74, 6) is 1.18. The maximum Gasteiger partial charge on any atom is 0.258 e. The number of carbonyl (C=O) groups excluding carboxylic acids is 1. The van der Waals surface area contributed by atoms with Crippen LogP contribution in [0.2, 0.25) is 0 Å². The molecule has 0 aliphatic carbocycles. The smallest absolute Gasteiger partial charge is 0.258 e. The van der Waals surface area contributed by atoms with Crippen molar-refractivity contribution < 1.29 is 4.79 Å². The lowest BCUT2D eigenvalue weighted by molar-refractivity contribution is 0.102. The molecule has 0 radical (unpaired) electrons. The minimum Gasteiger partial charge on any atom is -0.369 e. The number of hydrogen-bond acceptors (Lipinski definition) is 6. The molecule has 1 amide bonds. The Morgan fingerprint density at radius 1 is 1.00 bits per heavy atom. The summed E-state index contributed by atoms with van der Waals surface area (Å²) >= 11 is 0. The Hall–Kier alpha value is -2.67. The van der Waals surface area contributed by atoms with Crippen molar-refractivity contribution in [3.8, 4) is 0 Å². The van der Waals surface area contributed by atoms with Gasteiger partial charge in [0.05, 0.1) is 5.56 Å². The molecule has 7 nitrogen and oxygen atoms in total. The van der Waals surface area contributed by atoms with E-state index in [-0.39, 0.29) is 5.91 Å². The predicted octanol–water partition coefficient (Wildman–Crippen LogP) is 2.72. The first-order valence-corrected chi connectivity index (χ1v) is 10.5. The molecule has 2 saturated heterocycles. The number of rotatable bonds is 4. The molecule has 0 saturated carbocycles. The third-order valence-corrected chi connectivity index (χ3v) is 5.83. The molecule has 1 aromatic heterocycles. The van der Waals surface area contributed by atoms with Crippen LogP contribution in [0.4, 0.5) is 17.3 Å². The van der Waals surface area contributed by atoms with E-state index in [1.54, 1.807) is 12.4 Å². The first-order chi connectivity index (χ1) is 14.1. The van der Waals surface area contributed by atoms with E-state index in [1.807, 2.05) is 12.1 Å². The summed E-state index contributed by atoms with van der Waals surface area (Å²) in [5.41, 5.74) is 2.45. The fourth-order valence-corrected chi connectivity index (χ4v) is 4.00. The Labute approximate surface area is 172 Å². The number of nitrogens with zero attached hydrogens (tertiary/aromatic N) is 5. The quantitative estimate of drug-likeness (QED) is 0.860. The molecule has 29 heavy (non-hydrogen) atoms. The highest BCUT2D eigenvalue weighted by atomic mass is 16.1. The Bertz CT molecular complexity index is 814. The fourth-order valence-electron chi connectivity index (χ4n) is 4.00. The molecule has 1 N–H and O–H groups in total. The second kappa shape index (κ2) is 8.78. The Morgan fingerprint density at radius 3 is 2.34 bits per heavy atom. The summed E-state index contributed by atoms with van der Waals surface area (Å²) < 4.78 is 0. The van der Waals surface area contributed by atoms with Crippen molar-refractivity contribution in [2.45, 2.75) is 19.8 Å². The van der Waals surface area contributed by atoms with Crippen LogP contribution < -0.4 is 15.1 Å². The third kappa shape index (κ3) is 4.85. The fraction of sp³-hybridized carbons (Fsp3) is 0.500. The topological polar surface area (TPSA) is 64.6 Å². The molecular formula is C22H30N6O. The summed E-state index contributed by atoms with van der Waals surface area (Å²) in [5, 5.41) is 2.94. The third-order valence-electron chi connectivity index (χ3n) is 5.83. The van der Waals surface area contributed by atoms with Crippen LogP contribution in [-0.4, -0.2) is 67.1 Å². The molecular weight excluding hydrogens is 364 g/mol. The highest BCUT2D eigenvalue weighted by Gasteiger charge is 2.19. The van der Waals surface area contributed by atoms with Crippen molar-refractivity contribution >= 4 is 23.2 Å². The molecule has 1 atom stereocenters. The van der Waals surface area contributed by atoms with Gasteiger partial charge in [0.2, 0.25) is 5.95 Å². The van der Waals surface area contributed by atoms with Gasteiger partial charge in [-0.1, -0.05) is 6.92 Å². The average molecular weight is 395 g/mol. The lowest BCUT2D eigenvalue weighted by Gasteiger charge is -2.34. The summed E-state index contributed by atoms with van der Waals surface area (Å²) in [6, 6.07) is 8.04. The van der Waals surface area contributed by atoms with Crippen molar-refractivity contribution in [3.63, 3.8) is 0 Å². The van der Waals surface area contributed by atoms with E-state index in [0.717, 1.165) is 51.4 Å². The zero-order valence-electron chi connectivity index (χ0n) is 17.3. The Balaban J connectivity index is 1.35. The number of likely N-dealkylation sites (N-methyl/N-ethyl adjacent to an activating group) is 1. The molecule has 7 heteroatoms. The number of nitrogens with one attached hydrogen (secondary N) is 1. The predicted molar refractivity (Wildman–Crippen MR) is 117 cm³/mol. The molecule has 2 aliphatic heterocycles. The van der Waals surface area contributed by atoms with Crippen LogP contribution in [0.5, 0.6) is 0 Å². The highest BCUT2D eigenvalue weighted by molar-refractivity contribution is 6.03. The highest BCUT2D eigenvalue weighted by Crippen LogP contribution is 2.21. The van der Waals surface area contributed by atoms with Gasteiger partial charge in [0.25, 0.3) is 5.91 Å². The zero-order valence-corrected chi connectivity index (χ0v) is 17.3. The minimum absolute atomic E-state index is 0.184. The van der Waals surface area contributed by atoms with Gasteiger partial charge in [-0.05, 0) is 50.1 Å². The number of aromatic nitrogens is 2. The number of piperazine rings is 1. The molecule has 4 rings (SSSR count). The van der Waals surface area contributed by atoms with Crippen LogP contribution in [0, 0.1) is 5.92 Å². The summed E-state index contributed by atoms with van der Waals surface area (Å²) in [6.07, 6.45) is 5.66. The second-order valence-corrected chi connectivity index (χ2v) is 8.26. The van der Waals surface area contributed by atoms with E-state index >= 15 is 0 Å². The standard InChI is InChI=1S/C22H30N6O/c1-17-4-3-9-28(16-17)22-23-14-18(15-24-22)21(29)25-19-5-7-20(8-6-19)27-12-10-26(2)11-13-27/h5-8,14-15,17H,3-4,9-13,16H2,1-2H3,(H,25,29). The largest absolute Gasteiger partial charge is 0.369 e. The van der Waals surface area contributed by atoms with Crippen LogP contribution in [0.25, 0.3) is 0 Å². The molecule has 1 aromatic carbocycles. The van der Waals surface area contributed by atoms with Gasteiger partial charge in [0.15, 0.2) is 0 Å². The summed E-state index contributed by atoms with van der Waals surface area (Å²) in [7, 11) is 2.15. The van der Waals surface area contributed by atoms with Crippen LogP contribution in [0.3, 0.4) is 0 Å². The van der Waals surface area contributed by atoms with Crippen molar-refractivity contribution in [2.24, 2.45) is 5.92 Å². The molecule has 1 unspecified atom stereocenters. The minimum atomic E-state index is -0.184. The number of amides is 1. The molecule has 0 bridgehead atoms. The van der Waals surface area contributed by atoms with Gasteiger partial charge in [-0.15, -0.1) is 0 Å². The number of hydrogen-bond donors (Lipinski definition) is 1. The van der Waals surface area contributed by atoms with E-state index in [9.17, 15) is 4.79 Å². The molecule has 3 heterocycles. The SMILES string of the molecule is CC1CCCN(c2ncc(C(=O)Nc3ccc(N4CCN(C)CC4)cc3)cn2)C1. The van der Waals surface area contributed by atoms with Crippen LogP contribution in [-0.2, 0) is 0 Å². The van der Waals surface area contributed by atoms with Gasteiger partial charge in [0, 0.05) is 63.0 Å². The maximum absolute atomic E-state index is 12.6. The maximum atomic E-state index is 12.6. The number of benzene rings is 1. The van der Waals surface area contributed by atoms with Gasteiger partial charge in [-0.25, -0.2) is 9.97 Å². The van der Waals surface area contributed by atoms with Crippen LogP contribution in [0.1, 0.15) is 30.1 Å².